The van der Waals surface area contributed by atoms with Gasteiger partial charge in [0.05, 0.1) is 11.2 Å². The molecular formula is C16H16ClFN4O. The molecule has 0 bridgehead atoms. The first kappa shape index (κ1) is 17.0. The summed E-state index contributed by atoms with van der Waals surface area (Å²) in [7, 11) is 0. The molecule has 0 atom stereocenters. The molecule has 0 aliphatic heterocycles. The van der Waals surface area contributed by atoms with Gasteiger partial charge in [0.15, 0.2) is 0 Å². The number of rotatable bonds is 6. The number of anilines is 1. The lowest BCUT2D eigenvalue weighted by Crippen LogP contribution is -1.95. The van der Waals surface area contributed by atoms with Crippen LogP contribution >= 0.6 is 11.6 Å². The molecule has 1 N–H and O–H groups in total. The minimum absolute atomic E-state index is 0.115. The maximum Gasteiger partial charge on any atom is 0.252 e. The van der Waals surface area contributed by atoms with Crippen LogP contribution in [0, 0.1) is 17.1 Å². The minimum atomic E-state index is -0.487. The van der Waals surface area contributed by atoms with E-state index in [4.69, 9.17) is 21.3 Å². The molecule has 0 aliphatic rings. The molecule has 2 aromatic rings. The van der Waals surface area contributed by atoms with Gasteiger partial charge >= 0.3 is 0 Å². The van der Waals surface area contributed by atoms with Crippen LogP contribution in [0.5, 0.6) is 0 Å². The van der Waals surface area contributed by atoms with Crippen molar-refractivity contribution in [2.75, 3.05) is 5.43 Å². The molecule has 1 aromatic carbocycles. The van der Waals surface area contributed by atoms with Crippen LogP contribution in [0.15, 0.2) is 27.7 Å². The largest absolute Gasteiger partial charge is 0.422 e. The normalized spacial score (nSPS) is 11.1. The molecule has 2 rings (SSSR count). The lowest BCUT2D eigenvalue weighted by Gasteiger charge is -2.05. The second kappa shape index (κ2) is 7.75. The maximum absolute atomic E-state index is 13.6. The molecule has 1 aromatic heterocycles. The van der Waals surface area contributed by atoms with Gasteiger partial charge < -0.3 is 4.42 Å². The Kier molecular flexibility index (Phi) is 5.72. The van der Waals surface area contributed by atoms with Crippen LogP contribution in [0.1, 0.15) is 49.8 Å². The Hall–Kier alpha value is -2.39. The fourth-order valence-corrected chi connectivity index (χ4v) is 2.30. The van der Waals surface area contributed by atoms with Crippen molar-refractivity contribution in [1.82, 2.24) is 4.98 Å². The summed E-state index contributed by atoms with van der Waals surface area (Å²) in [5.41, 5.74) is 2.85. The average Bonchev–Trinajstić information content (AvgIpc) is 2.94. The van der Waals surface area contributed by atoms with E-state index in [2.05, 4.69) is 15.5 Å². The van der Waals surface area contributed by atoms with Crippen molar-refractivity contribution in [3.05, 3.63) is 46.2 Å². The highest BCUT2D eigenvalue weighted by molar-refractivity contribution is 6.33. The minimum Gasteiger partial charge on any atom is -0.422 e. The summed E-state index contributed by atoms with van der Waals surface area (Å²) in [5.74, 6) is 0.285. The Morgan fingerprint density at radius 1 is 1.48 bits per heavy atom. The highest BCUT2D eigenvalue weighted by atomic mass is 35.5. The fourth-order valence-electron chi connectivity index (χ4n) is 2.09. The molecule has 0 unspecified atom stereocenters. The van der Waals surface area contributed by atoms with Crippen molar-refractivity contribution in [2.24, 2.45) is 5.10 Å². The van der Waals surface area contributed by atoms with Crippen molar-refractivity contribution >= 4 is 23.7 Å². The van der Waals surface area contributed by atoms with Crippen LogP contribution in [0.2, 0.25) is 5.02 Å². The van der Waals surface area contributed by atoms with Crippen molar-refractivity contribution in [3.63, 3.8) is 0 Å². The first-order valence-corrected chi connectivity index (χ1v) is 7.62. The van der Waals surface area contributed by atoms with Crippen molar-refractivity contribution in [1.29, 1.82) is 5.26 Å². The number of nitriles is 1. The number of nitrogens with one attached hydrogen (secondary N) is 1. The van der Waals surface area contributed by atoms with Gasteiger partial charge in [0.25, 0.3) is 5.88 Å². The fraction of sp³-hybridized carbons (Fsp3) is 0.312. The SMILES string of the molecule is CCC(CC)c1nc(C#N)c(N/N=C/c2c(F)cccc2Cl)o1. The van der Waals surface area contributed by atoms with Gasteiger partial charge in [-0.3, -0.25) is 0 Å². The van der Waals surface area contributed by atoms with E-state index in [-0.39, 0.29) is 28.1 Å². The van der Waals surface area contributed by atoms with E-state index < -0.39 is 5.82 Å². The summed E-state index contributed by atoms with van der Waals surface area (Å²) in [4.78, 5) is 4.17. The molecule has 0 saturated heterocycles. The molecule has 23 heavy (non-hydrogen) atoms. The smallest absolute Gasteiger partial charge is 0.252 e. The maximum atomic E-state index is 13.6. The Morgan fingerprint density at radius 3 is 2.83 bits per heavy atom. The zero-order valence-corrected chi connectivity index (χ0v) is 13.6. The number of oxazole rings is 1. The molecule has 0 aliphatic carbocycles. The second-order valence-corrected chi connectivity index (χ2v) is 5.27. The molecule has 0 spiro atoms. The van der Waals surface area contributed by atoms with Gasteiger partial charge in [-0.2, -0.15) is 10.4 Å². The number of nitrogens with zero attached hydrogens (tertiary/aromatic N) is 3. The Morgan fingerprint density at radius 2 is 2.22 bits per heavy atom. The van der Waals surface area contributed by atoms with Crippen LogP contribution < -0.4 is 5.43 Å². The lowest BCUT2D eigenvalue weighted by molar-refractivity contribution is 0.439. The van der Waals surface area contributed by atoms with Crippen molar-refractivity contribution < 1.29 is 8.81 Å². The predicted octanol–water partition coefficient (Wildman–Crippen LogP) is 4.69. The Bertz CT molecular complexity index is 727. The topological polar surface area (TPSA) is 74.2 Å². The molecule has 120 valence electrons. The number of benzene rings is 1. The average molecular weight is 335 g/mol. The zero-order chi connectivity index (χ0) is 16.8. The van der Waals surface area contributed by atoms with E-state index in [9.17, 15) is 4.39 Å². The summed E-state index contributed by atoms with van der Waals surface area (Å²) < 4.78 is 19.2. The van der Waals surface area contributed by atoms with Gasteiger partial charge in [-0.25, -0.2) is 14.8 Å². The van der Waals surface area contributed by atoms with Crippen LogP contribution in [0.25, 0.3) is 0 Å². The summed E-state index contributed by atoms with van der Waals surface area (Å²) >= 11 is 5.91. The highest BCUT2D eigenvalue weighted by Gasteiger charge is 2.18. The standard InChI is InChI=1S/C16H16ClFN4O/c1-3-10(4-2)15-21-14(8-19)16(23-15)22-20-9-11-12(17)6-5-7-13(11)18/h5-7,9-10,22H,3-4H2,1-2H3/b20-9+. The van der Waals surface area contributed by atoms with Gasteiger partial charge in [-0.05, 0) is 25.0 Å². The van der Waals surface area contributed by atoms with Crippen molar-refractivity contribution in [2.45, 2.75) is 32.6 Å². The number of halogens is 2. The van der Waals surface area contributed by atoms with Crippen molar-refractivity contribution in [3.8, 4) is 6.07 Å². The first-order chi connectivity index (χ1) is 11.1. The van der Waals surface area contributed by atoms with E-state index in [1.165, 1.54) is 18.3 Å². The van der Waals surface area contributed by atoms with E-state index in [1.807, 2.05) is 19.9 Å². The Balaban J connectivity index is 2.20. The van der Waals surface area contributed by atoms with Gasteiger partial charge in [0.1, 0.15) is 11.9 Å². The predicted molar refractivity (Wildman–Crippen MR) is 87.2 cm³/mol. The summed E-state index contributed by atoms with van der Waals surface area (Å²) in [6, 6.07) is 6.30. The third-order valence-corrected chi connectivity index (χ3v) is 3.77. The number of hydrogen-bond acceptors (Lipinski definition) is 5. The number of hydrogen-bond donors (Lipinski definition) is 1. The molecular weight excluding hydrogens is 319 g/mol. The number of hydrazone groups is 1. The molecule has 0 radical (unpaired) electrons. The summed E-state index contributed by atoms with van der Waals surface area (Å²) in [6.45, 7) is 4.05. The van der Waals surface area contributed by atoms with Gasteiger partial charge in [-0.1, -0.05) is 31.5 Å². The quantitative estimate of drug-likeness (QED) is 0.614. The van der Waals surface area contributed by atoms with Gasteiger partial charge in [0, 0.05) is 11.5 Å². The molecule has 1 heterocycles. The molecule has 0 fully saturated rings. The monoisotopic (exact) mass is 334 g/mol. The molecule has 0 amide bonds. The molecule has 7 heteroatoms. The van der Waals surface area contributed by atoms with Crippen LogP contribution in [0.3, 0.4) is 0 Å². The summed E-state index contributed by atoms with van der Waals surface area (Å²) in [6.07, 6.45) is 2.95. The van der Waals surface area contributed by atoms with Gasteiger partial charge in [-0.15, -0.1) is 0 Å². The third kappa shape index (κ3) is 3.88. The van der Waals surface area contributed by atoms with Crippen LogP contribution in [-0.4, -0.2) is 11.2 Å². The van der Waals surface area contributed by atoms with Crippen LogP contribution in [0.4, 0.5) is 10.3 Å². The summed E-state index contributed by atoms with van der Waals surface area (Å²) in [5, 5.41) is 13.2. The molecule has 5 nitrogen and oxygen atoms in total. The van der Waals surface area contributed by atoms with E-state index >= 15 is 0 Å². The zero-order valence-electron chi connectivity index (χ0n) is 12.8. The van der Waals surface area contributed by atoms with E-state index in [0.29, 0.717) is 5.89 Å². The Labute approximate surface area is 138 Å². The van der Waals surface area contributed by atoms with E-state index in [0.717, 1.165) is 12.8 Å². The van der Waals surface area contributed by atoms with E-state index in [1.54, 1.807) is 6.07 Å². The van der Waals surface area contributed by atoms with Gasteiger partial charge in [0.2, 0.25) is 11.6 Å². The molecule has 0 saturated carbocycles. The third-order valence-electron chi connectivity index (χ3n) is 3.44. The lowest BCUT2D eigenvalue weighted by atomic mass is 10.0. The second-order valence-electron chi connectivity index (χ2n) is 4.86. The van der Waals surface area contributed by atoms with Crippen LogP contribution in [-0.2, 0) is 0 Å². The number of aromatic nitrogens is 1. The highest BCUT2D eigenvalue weighted by Crippen LogP contribution is 2.27. The first-order valence-electron chi connectivity index (χ1n) is 7.24.